The second-order valence-corrected chi connectivity index (χ2v) is 7.25. The highest BCUT2D eigenvalue weighted by Gasteiger charge is 2.20. The molecule has 2 amide bonds. The Bertz CT molecular complexity index is 1020. The predicted octanol–water partition coefficient (Wildman–Crippen LogP) is 4.25. The smallest absolute Gasteiger partial charge is 0.257 e. The van der Waals surface area contributed by atoms with Gasteiger partial charge in [0.25, 0.3) is 5.91 Å². The molecule has 1 fully saturated rings. The molecule has 2 aromatic carbocycles. The molecule has 1 aromatic heterocycles. The minimum absolute atomic E-state index is 0.00850. The van der Waals surface area contributed by atoms with E-state index in [-0.39, 0.29) is 17.9 Å². The monoisotopic (exact) mass is 401 g/mol. The van der Waals surface area contributed by atoms with Crippen LogP contribution in [0, 0.1) is 0 Å². The number of hydrogen-bond acceptors (Lipinski definition) is 4. The first kappa shape index (κ1) is 19.6. The van der Waals surface area contributed by atoms with Crippen molar-refractivity contribution >= 4 is 17.5 Å². The lowest BCUT2D eigenvalue weighted by atomic mass is 9.97. The van der Waals surface area contributed by atoms with Gasteiger partial charge >= 0.3 is 0 Å². The first-order valence-electron chi connectivity index (χ1n) is 10.0. The second-order valence-electron chi connectivity index (χ2n) is 7.25. The molecule has 30 heavy (non-hydrogen) atoms. The number of carbonyl (C=O) groups excluding carboxylic acids is 2. The standard InChI is InChI=1S/C24H23N3O3/c28-22-11-5-10-21(27-22)18-8-4-9-20(14-18)26-24(29)19-12-13-23(25-15-19)30-16-17-6-2-1-3-7-17/h1-4,6-9,12-15,21H,5,10-11,16H2,(H,26,29)(H,27,28). The number of hydrogen-bond donors (Lipinski definition) is 2. The van der Waals surface area contributed by atoms with E-state index in [1.54, 1.807) is 12.1 Å². The van der Waals surface area contributed by atoms with Crippen molar-refractivity contribution in [2.24, 2.45) is 0 Å². The van der Waals surface area contributed by atoms with Gasteiger partial charge in [-0.3, -0.25) is 9.59 Å². The van der Waals surface area contributed by atoms with Crippen LogP contribution >= 0.6 is 0 Å². The summed E-state index contributed by atoms with van der Waals surface area (Å²) in [4.78, 5) is 28.5. The molecule has 1 aliphatic rings. The predicted molar refractivity (Wildman–Crippen MR) is 114 cm³/mol. The van der Waals surface area contributed by atoms with Gasteiger partial charge in [0.15, 0.2) is 0 Å². The Morgan fingerprint density at radius 2 is 1.97 bits per heavy atom. The molecule has 0 bridgehead atoms. The van der Waals surface area contributed by atoms with Crippen LogP contribution in [0.15, 0.2) is 72.9 Å². The number of aromatic nitrogens is 1. The molecule has 4 rings (SSSR count). The molecule has 2 heterocycles. The van der Waals surface area contributed by atoms with Gasteiger partial charge in [0.2, 0.25) is 11.8 Å². The number of nitrogens with zero attached hydrogens (tertiary/aromatic N) is 1. The van der Waals surface area contributed by atoms with Gasteiger partial charge in [0, 0.05) is 24.4 Å². The minimum Gasteiger partial charge on any atom is -0.473 e. The topological polar surface area (TPSA) is 80.3 Å². The van der Waals surface area contributed by atoms with Crippen molar-refractivity contribution in [2.45, 2.75) is 31.9 Å². The number of nitrogens with one attached hydrogen (secondary N) is 2. The fourth-order valence-electron chi connectivity index (χ4n) is 3.42. The summed E-state index contributed by atoms with van der Waals surface area (Å²) in [5.41, 5.74) is 3.17. The lowest BCUT2D eigenvalue weighted by Gasteiger charge is -2.24. The average Bonchev–Trinajstić information content (AvgIpc) is 2.79. The van der Waals surface area contributed by atoms with Gasteiger partial charge in [-0.25, -0.2) is 4.98 Å². The maximum Gasteiger partial charge on any atom is 0.257 e. The van der Waals surface area contributed by atoms with E-state index in [0.717, 1.165) is 24.0 Å². The molecule has 2 N–H and O–H groups in total. The summed E-state index contributed by atoms with van der Waals surface area (Å²) in [5, 5.41) is 5.89. The summed E-state index contributed by atoms with van der Waals surface area (Å²) >= 11 is 0. The third-order valence-corrected chi connectivity index (χ3v) is 5.01. The third-order valence-electron chi connectivity index (χ3n) is 5.01. The molecule has 1 unspecified atom stereocenters. The van der Waals surface area contributed by atoms with Gasteiger partial charge in [0.05, 0.1) is 11.6 Å². The van der Waals surface area contributed by atoms with Gasteiger partial charge in [-0.15, -0.1) is 0 Å². The molecule has 0 radical (unpaired) electrons. The molecular weight excluding hydrogens is 378 g/mol. The highest BCUT2D eigenvalue weighted by atomic mass is 16.5. The van der Waals surface area contributed by atoms with Crippen molar-refractivity contribution in [2.75, 3.05) is 5.32 Å². The van der Waals surface area contributed by atoms with Gasteiger partial charge in [0.1, 0.15) is 6.61 Å². The minimum atomic E-state index is -0.248. The summed E-state index contributed by atoms with van der Waals surface area (Å²) in [6, 6.07) is 20.8. The van der Waals surface area contributed by atoms with Crippen molar-refractivity contribution in [3.8, 4) is 5.88 Å². The van der Waals surface area contributed by atoms with Gasteiger partial charge in [-0.2, -0.15) is 0 Å². The quantitative estimate of drug-likeness (QED) is 0.647. The molecule has 0 aliphatic carbocycles. The lowest BCUT2D eigenvalue weighted by Crippen LogP contribution is -2.32. The number of anilines is 1. The number of benzene rings is 2. The van der Waals surface area contributed by atoms with Gasteiger partial charge in [-0.1, -0.05) is 42.5 Å². The summed E-state index contributed by atoms with van der Waals surface area (Å²) in [7, 11) is 0. The van der Waals surface area contributed by atoms with Crippen molar-refractivity contribution in [3.63, 3.8) is 0 Å². The van der Waals surface area contributed by atoms with E-state index in [2.05, 4.69) is 15.6 Å². The van der Waals surface area contributed by atoms with E-state index in [0.29, 0.717) is 30.2 Å². The van der Waals surface area contributed by atoms with Crippen molar-refractivity contribution in [1.82, 2.24) is 10.3 Å². The van der Waals surface area contributed by atoms with Gasteiger partial charge < -0.3 is 15.4 Å². The summed E-state index contributed by atoms with van der Waals surface area (Å²) in [6.07, 6.45) is 3.85. The highest BCUT2D eigenvalue weighted by Crippen LogP contribution is 2.25. The molecule has 152 valence electrons. The largest absolute Gasteiger partial charge is 0.473 e. The first-order valence-corrected chi connectivity index (χ1v) is 10.0. The van der Waals surface area contributed by atoms with Crippen LogP contribution in [0.1, 0.15) is 46.8 Å². The number of amides is 2. The number of carbonyl (C=O) groups is 2. The third kappa shape index (κ3) is 5.03. The fourth-order valence-corrected chi connectivity index (χ4v) is 3.42. The highest BCUT2D eigenvalue weighted by molar-refractivity contribution is 6.04. The van der Waals surface area contributed by atoms with Crippen LogP contribution < -0.4 is 15.4 Å². The molecule has 1 atom stereocenters. The maximum absolute atomic E-state index is 12.6. The van der Waals surface area contributed by atoms with E-state index < -0.39 is 0 Å². The van der Waals surface area contributed by atoms with Crippen LogP contribution in [0.2, 0.25) is 0 Å². The molecule has 1 saturated heterocycles. The first-order chi connectivity index (χ1) is 14.7. The normalized spacial score (nSPS) is 15.9. The average molecular weight is 401 g/mol. The van der Waals surface area contributed by atoms with Crippen LogP contribution in [0.25, 0.3) is 0 Å². The Labute approximate surface area is 175 Å². The maximum atomic E-state index is 12.6. The van der Waals surface area contributed by atoms with Gasteiger partial charge in [-0.05, 0) is 42.2 Å². The second kappa shape index (κ2) is 9.22. The molecule has 0 saturated carbocycles. The fraction of sp³-hybridized carbons (Fsp3) is 0.208. The van der Waals surface area contributed by atoms with Crippen LogP contribution in [0.3, 0.4) is 0 Å². The number of rotatable bonds is 6. The Morgan fingerprint density at radius 1 is 1.10 bits per heavy atom. The molecule has 6 nitrogen and oxygen atoms in total. The molecule has 0 spiro atoms. The zero-order chi connectivity index (χ0) is 20.8. The van der Waals surface area contributed by atoms with E-state index in [9.17, 15) is 9.59 Å². The van der Waals surface area contributed by atoms with Crippen LogP contribution in [0.4, 0.5) is 5.69 Å². The zero-order valence-electron chi connectivity index (χ0n) is 16.5. The Kier molecular flexibility index (Phi) is 6.03. The Morgan fingerprint density at radius 3 is 2.73 bits per heavy atom. The summed E-state index contributed by atoms with van der Waals surface area (Å²) in [6.45, 7) is 0.421. The van der Waals surface area contributed by atoms with E-state index >= 15 is 0 Å². The SMILES string of the molecule is O=C1CCCC(c2cccc(NC(=O)c3ccc(OCc4ccccc4)nc3)c2)N1. The Hall–Kier alpha value is -3.67. The Balaban J connectivity index is 1.36. The van der Waals surface area contributed by atoms with Crippen molar-refractivity contribution in [1.29, 1.82) is 0 Å². The molecule has 1 aliphatic heterocycles. The van der Waals surface area contributed by atoms with Crippen LogP contribution in [-0.2, 0) is 11.4 Å². The number of piperidine rings is 1. The van der Waals surface area contributed by atoms with E-state index in [1.165, 1.54) is 6.20 Å². The van der Waals surface area contributed by atoms with E-state index in [1.807, 2.05) is 54.6 Å². The summed E-state index contributed by atoms with van der Waals surface area (Å²) < 4.78 is 5.66. The summed E-state index contributed by atoms with van der Waals surface area (Å²) in [5.74, 6) is 0.286. The van der Waals surface area contributed by atoms with Crippen molar-refractivity contribution in [3.05, 3.63) is 89.6 Å². The molecular formula is C24H23N3O3. The number of pyridine rings is 1. The van der Waals surface area contributed by atoms with Crippen LogP contribution in [0.5, 0.6) is 5.88 Å². The molecule has 3 aromatic rings. The van der Waals surface area contributed by atoms with Crippen LogP contribution in [-0.4, -0.2) is 16.8 Å². The zero-order valence-corrected chi connectivity index (χ0v) is 16.5. The number of ether oxygens (including phenoxy) is 1. The lowest BCUT2D eigenvalue weighted by molar-refractivity contribution is -0.123. The van der Waals surface area contributed by atoms with Crippen molar-refractivity contribution < 1.29 is 14.3 Å². The van der Waals surface area contributed by atoms with E-state index in [4.69, 9.17) is 4.74 Å². The molecule has 6 heteroatoms.